The van der Waals surface area contributed by atoms with Gasteiger partial charge in [-0.15, -0.1) is 0 Å². The van der Waals surface area contributed by atoms with Crippen molar-refractivity contribution in [3.8, 4) is 0 Å². The number of nitrogens with zero attached hydrogens (tertiary/aromatic N) is 3. The van der Waals surface area contributed by atoms with Crippen LogP contribution >= 0.6 is 0 Å². The molecule has 7 heteroatoms. The molecule has 7 nitrogen and oxygen atoms in total. The van der Waals surface area contributed by atoms with Gasteiger partial charge in [-0.25, -0.2) is 4.98 Å². The number of aliphatic hydroxyl groups is 1. The van der Waals surface area contributed by atoms with E-state index in [1.54, 1.807) is 11.1 Å². The molecule has 2 aromatic heterocycles. The Kier molecular flexibility index (Phi) is 3.76. The first-order valence-corrected chi connectivity index (χ1v) is 8.69. The number of fused-ring (bicyclic) bond motifs is 1. The summed E-state index contributed by atoms with van der Waals surface area (Å²) in [6, 6.07) is 5.75. The van der Waals surface area contributed by atoms with Crippen molar-refractivity contribution in [3.05, 3.63) is 35.8 Å². The molecule has 0 aliphatic carbocycles. The molecule has 0 saturated carbocycles. The number of pyridine rings is 1. The van der Waals surface area contributed by atoms with Crippen LogP contribution in [0.25, 0.3) is 5.65 Å². The van der Waals surface area contributed by atoms with Gasteiger partial charge in [0, 0.05) is 25.3 Å². The number of hydrogen-bond acceptors (Lipinski definition) is 4. The van der Waals surface area contributed by atoms with Gasteiger partial charge in [0.25, 0.3) is 5.91 Å². The van der Waals surface area contributed by atoms with Gasteiger partial charge < -0.3 is 15.3 Å². The van der Waals surface area contributed by atoms with E-state index in [2.05, 4.69) is 10.3 Å². The lowest BCUT2D eigenvalue weighted by atomic mass is 9.71. The van der Waals surface area contributed by atoms with Gasteiger partial charge in [-0.2, -0.15) is 0 Å². The molecular formula is C18H22N4O3. The zero-order valence-electron chi connectivity index (χ0n) is 14.2. The smallest absolute Gasteiger partial charge is 0.272 e. The van der Waals surface area contributed by atoms with E-state index in [1.165, 1.54) is 0 Å². The molecule has 25 heavy (non-hydrogen) atoms. The van der Waals surface area contributed by atoms with Crippen LogP contribution in [-0.4, -0.2) is 56.9 Å². The molecule has 4 heterocycles. The fourth-order valence-electron chi connectivity index (χ4n) is 4.10. The minimum atomic E-state index is -0.538. The van der Waals surface area contributed by atoms with Crippen LogP contribution in [0.2, 0.25) is 0 Å². The highest BCUT2D eigenvalue weighted by atomic mass is 16.3. The molecule has 132 valence electrons. The van der Waals surface area contributed by atoms with Crippen molar-refractivity contribution in [2.45, 2.75) is 32.3 Å². The summed E-state index contributed by atoms with van der Waals surface area (Å²) < 4.78 is 1.86. The first kappa shape index (κ1) is 16.1. The number of imidazole rings is 1. The van der Waals surface area contributed by atoms with Gasteiger partial charge in [0.2, 0.25) is 5.91 Å². The Labute approximate surface area is 145 Å². The molecule has 2 fully saturated rings. The Balaban J connectivity index is 1.54. The quantitative estimate of drug-likeness (QED) is 0.800. The number of aliphatic hydroxyl groups excluding tert-OH is 1. The van der Waals surface area contributed by atoms with E-state index < -0.39 is 11.5 Å². The normalized spacial score (nSPS) is 23.0. The molecule has 2 aromatic rings. The van der Waals surface area contributed by atoms with Crippen LogP contribution < -0.4 is 5.32 Å². The molecule has 2 saturated heterocycles. The maximum atomic E-state index is 13.0. The van der Waals surface area contributed by atoms with Crippen molar-refractivity contribution in [2.24, 2.45) is 5.41 Å². The lowest BCUT2D eigenvalue weighted by Crippen LogP contribution is -2.56. The largest absolute Gasteiger partial charge is 0.391 e. The zero-order valence-corrected chi connectivity index (χ0v) is 14.2. The molecule has 2 aliphatic heterocycles. The minimum Gasteiger partial charge on any atom is -0.391 e. The fraction of sp³-hybridized carbons (Fsp3) is 0.500. The van der Waals surface area contributed by atoms with E-state index >= 15 is 0 Å². The summed E-state index contributed by atoms with van der Waals surface area (Å²) in [7, 11) is 0. The predicted molar refractivity (Wildman–Crippen MR) is 91.1 cm³/mol. The van der Waals surface area contributed by atoms with Crippen LogP contribution in [0.1, 0.15) is 35.4 Å². The summed E-state index contributed by atoms with van der Waals surface area (Å²) in [4.78, 5) is 31.4. The minimum absolute atomic E-state index is 0.00976. The van der Waals surface area contributed by atoms with Crippen LogP contribution in [0.15, 0.2) is 24.4 Å². The number of β-amino-alcohol motifs (C(OH)–C–C–N with tert-alkyl or cyclic N) is 1. The first-order chi connectivity index (χ1) is 12.0. The highest BCUT2D eigenvalue weighted by Crippen LogP contribution is 2.38. The number of aromatic nitrogens is 2. The van der Waals surface area contributed by atoms with Crippen molar-refractivity contribution < 1.29 is 14.7 Å². The number of amides is 2. The van der Waals surface area contributed by atoms with Gasteiger partial charge in [0.05, 0.1) is 17.7 Å². The molecule has 0 radical (unpaired) electrons. The van der Waals surface area contributed by atoms with Crippen LogP contribution in [0.3, 0.4) is 0 Å². The molecule has 1 atom stereocenters. The van der Waals surface area contributed by atoms with Gasteiger partial charge in [0.15, 0.2) is 0 Å². The molecule has 0 bridgehead atoms. The summed E-state index contributed by atoms with van der Waals surface area (Å²) in [6.07, 6.45) is 2.76. The molecule has 2 amide bonds. The zero-order chi connectivity index (χ0) is 17.6. The molecule has 2 aliphatic rings. The SMILES string of the molecule is Cc1cccc2ncc(C(=O)N3CCC4(CC3)CC(O)CNC4=O)n12. The third kappa shape index (κ3) is 2.59. The maximum Gasteiger partial charge on any atom is 0.272 e. The molecule has 2 N–H and O–H groups in total. The molecule has 1 spiro atoms. The lowest BCUT2D eigenvalue weighted by Gasteiger charge is -2.44. The second-order valence-electron chi connectivity index (χ2n) is 7.14. The van der Waals surface area contributed by atoms with Gasteiger partial charge in [-0.1, -0.05) is 6.07 Å². The van der Waals surface area contributed by atoms with Crippen molar-refractivity contribution in [1.29, 1.82) is 0 Å². The Morgan fingerprint density at radius 1 is 1.36 bits per heavy atom. The molecule has 0 aromatic carbocycles. The number of carbonyl (C=O) groups is 2. The number of aryl methyl sites for hydroxylation is 1. The Bertz CT molecular complexity index is 836. The van der Waals surface area contributed by atoms with E-state index in [9.17, 15) is 14.7 Å². The number of nitrogens with one attached hydrogen (secondary N) is 1. The second kappa shape index (κ2) is 5.84. The second-order valence-corrected chi connectivity index (χ2v) is 7.14. The molecule has 4 rings (SSSR count). The predicted octanol–water partition coefficient (Wildman–Crippen LogP) is 0.746. The average Bonchev–Trinajstić information content (AvgIpc) is 3.04. The molecule has 1 unspecified atom stereocenters. The number of hydrogen-bond donors (Lipinski definition) is 2. The topological polar surface area (TPSA) is 86.9 Å². The van der Waals surface area contributed by atoms with Crippen molar-refractivity contribution in [3.63, 3.8) is 0 Å². The van der Waals surface area contributed by atoms with E-state index in [4.69, 9.17) is 0 Å². The monoisotopic (exact) mass is 342 g/mol. The van der Waals surface area contributed by atoms with Crippen molar-refractivity contribution in [1.82, 2.24) is 19.6 Å². The number of rotatable bonds is 1. The Morgan fingerprint density at radius 3 is 2.88 bits per heavy atom. The van der Waals surface area contributed by atoms with Gasteiger partial charge >= 0.3 is 0 Å². The van der Waals surface area contributed by atoms with Crippen molar-refractivity contribution >= 4 is 17.5 Å². The van der Waals surface area contributed by atoms with Crippen LogP contribution in [0, 0.1) is 12.3 Å². The third-order valence-corrected chi connectivity index (χ3v) is 5.56. The summed E-state index contributed by atoms with van der Waals surface area (Å²) >= 11 is 0. The van der Waals surface area contributed by atoms with Gasteiger partial charge in [0.1, 0.15) is 11.3 Å². The van der Waals surface area contributed by atoms with E-state index in [0.717, 1.165) is 11.3 Å². The van der Waals surface area contributed by atoms with Crippen LogP contribution in [0.5, 0.6) is 0 Å². The highest BCUT2D eigenvalue weighted by Gasteiger charge is 2.46. The van der Waals surface area contributed by atoms with E-state index in [1.807, 2.05) is 29.5 Å². The average molecular weight is 342 g/mol. The highest BCUT2D eigenvalue weighted by molar-refractivity contribution is 5.94. The maximum absolute atomic E-state index is 13.0. The fourth-order valence-corrected chi connectivity index (χ4v) is 4.10. The number of likely N-dealkylation sites (tertiary alicyclic amines) is 1. The van der Waals surface area contributed by atoms with Crippen LogP contribution in [-0.2, 0) is 4.79 Å². The Morgan fingerprint density at radius 2 is 2.12 bits per heavy atom. The number of carbonyl (C=O) groups excluding carboxylic acids is 2. The number of piperidine rings is 2. The third-order valence-electron chi connectivity index (χ3n) is 5.56. The van der Waals surface area contributed by atoms with Gasteiger partial charge in [-0.05, 0) is 38.3 Å². The first-order valence-electron chi connectivity index (χ1n) is 8.69. The molecular weight excluding hydrogens is 320 g/mol. The standard InChI is InChI=1S/C18H22N4O3/c1-12-3-2-4-15-19-11-14(22(12)15)16(24)21-7-5-18(6-8-21)9-13(23)10-20-17(18)25/h2-4,11,13,23H,5-10H2,1H3,(H,20,25). The van der Waals surface area contributed by atoms with Gasteiger partial charge in [-0.3, -0.25) is 14.0 Å². The summed E-state index contributed by atoms with van der Waals surface area (Å²) in [5.74, 6) is -0.0519. The van der Waals surface area contributed by atoms with E-state index in [-0.39, 0.29) is 11.8 Å². The van der Waals surface area contributed by atoms with E-state index in [0.29, 0.717) is 44.6 Å². The summed E-state index contributed by atoms with van der Waals surface area (Å²) in [5.41, 5.74) is 1.73. The summed E-state index contributed by atoms with van der Waals surface area (Å²) in [5, 5.41) is 12.7. The summed E-state index contributed by atoms with van der Waals surface area (Å²) in [6.45, 7) is 3.30. The van der Waals surface area contributed by atoms with Crippen molar-refractivity contribution in [2.75, 3.05) is 19.6 Å². The van der Waals surface area contributed by atoms with Crippen LogP contribution in [0.4, 0.5) is 0 Å². The Hall–Kier alpha value is -2.41. The lowest BCUT2D eigenvalue weighted by molar-refractivity contribution is -0.140.